The summed E-state index contributed by atoms with van der Waals surface area (Å²) in [7, 11) is 0. The average molecular weight is 1150 g/mol. The molecule has 1 aliphatic rings. The molecule has 3 aromatic heterocycles. The first-order chi connectivity index (χ1) is 34.6. The van der Waals surface area contributed by atoms with Crippen LogP contribution in [0.25, 0.3) is 70.0 Å². The molecule has 0 radical (unpaired) electrons. The molecule has 12 rings (SSSR count). The summed E-state index contributed by atoms with van der Waals surface area (Å²) in [4.78, 5) is 9.67. The fourth-order valence-corrected chi connectivity index (χ4v) is 11.5. The molecule has 0 atom stereocenters. The zero-order chi connectivity index (χ0) is 49.7. The van der Waals surface area contributed by atoms with Crippen molar-refractivity contribution in [1.82, 2.24) is 9.55 Å². The van der Waals surface area contributed by atoms with Crippen LogP contribution in [-0.2, 0) is 37.3 Å². The van der Waals surface area contributed by atoms with Gasteiger partial charge in [-0.05, 0) is 92.4 Å². The maximum Gasteiger partial charge on any atom is 0.135 e. The fourth-order valence-electron chi connectivity index (χ4n) is 10.2. The molecular weight excluding hydrogens is 1090 g/mol. The van der Waals surface area contributed by atoms with Crippen molar-refractivity contribution < 1.29 is 25.8 Å². The van der Waals surface area contributed by atoms with Crippen molar-refractivity contribution in [3.8, 4) is 39.6 Å². The van der Waals surface area contributed by atoms with E-state index in [0.717, 1.165) is 61.7 Å². The Labute approximate surface area is 448 Å². The molecule has 0 amide bonds. The number of para-hydroxylation sites is 2. The van der Waals surface area contributed by atoms with Gasteiger partial charge in [0, 0.05) is 92.6 Å². The molecule has 0 saturated carbocycles. The Morgan fingerprint density at radius 1 is 0.521 bits per heavy atom. The van der Waals surface area contributed by atoms with Crippen molar-refractivity contribution in [1.29, 1.82) is 0 Å². The van der Waals surface area contributed by atoms with Crippen molar-refractivity contribution in [2.75, 3.05) is 9.80 Å². The van der Waals surface area contributed by atoms with Crippen LogP contribution in [-0.4, -0.2) is 9.55 Å². The Morgan fingerprint density at radius 2 is 1.11 bits per heavy atom. The Morgan fingerprint density at radius 3 is 1.77 bits per heavy atom. The molecule has 5 nitrogen and oxygen atoms in total. The van der Waals surface area contributed by atoms with Gasteiger partial charge in [0.1, 0.15) is 5.82 Å². The molecule has 0 N–H and O–H groups in total. The molecule has 0 saturated heterocycles. The number of aromatic nitrogens is 2. The molecule has 0 unspecified atom stereocenters. The van der Waals surface area contributed by atoms with Crippen molar-refractivity contribution in [3.05, 3.63) is 212 Å². The summed E-state index contributed by atoms with van der Waals surface area (Å²) in [5.41, 5.74) is 14.1. The Balaban J connectivity index is 0.00000574. The zero-order valence-electron chi connectivity index (χ0n) is 42.7. The molecule has 366 valence electrons. The van der Waals surface area contributed by atoms with Crippen LogP contribution in [0.1, 0.15) is 79.0 Å². The maximum atomic E-state index is 7.02. The van der Waals surface area contributed by atoms with E-state index in [4.69, 9.17) is 9.72 Å². The maximum absolute atomic E-state index is 7.02. The van der Waals surface area contributed by atoms with Crippen molar-refractivity contribution in [3.63, 3.8) is 0 Å². The van der Waals surface area contributed by atoms with Gasteiger partial charge in [-0.3, -0.25) is 0 Å². The van der Waals surface area contributed by atoms with E-state index >= 15 is 0 Å². The Hall–Kier alpha value is -6.98. The van der Waals surface area contributed by atoms with Crippen LogP contribution >= 0.6 is 11.3 Å². The normalized spacial score (nSPS) is 13.1. The monoisotopic (exact) mass is 1150 g/mol. The van der Waals surface area contributed by atoms with E-state index in [1.807, 2.05) is 17.5 Å². The van der Waals surface area contributed by atoms with Gasteiger partial charge in [-0.1, -0.05) is 165 Å². The third-order valence-corrected chi connectivity index (χ3v) is 15.4. The van der Waals surface area contributed by atoms with Gasteiger partial charge >= 0.3 is 0 Å². The molecule has 8 aromatic carbocycles. The molecule has 7 heteroatoms. The van der Waals surface area contributed by atoms with Crippen LogP contribution in [0.4, 0.5) is 22.7 Å². The molecule has 1 aliphatic heterocycles. The van der Waals surface area contributed by atoms with E-state index in [9.17, 15) is 0 Å². The first kappa shape index (κ1) is 48.3. The van der Waals surface area contributed by atoms with Crippen LogP contribution < -0.4 is 14.5 Å². The topological polar surface area (TPSA) is 33.5 Å². The summed E-state index contributed by atoms with van der Waals surface area (Å²) < 4.78 is 11.8. The molecule has 0 fully saturated rings. The minimum atomic E-state index is -0.204. The number of anilines is 4. The second kappa shape index (κ2) is 18.2. The quantitative estimate of drug-likeness (QED) is 0.149. The third kappa shape index (κ3) is 8.63. The summed E-state index contributed by atoms with van der Waals surface area (Å²) >= 11 is 1.85. The summed E-state index contributed by atoms with van der Waals surface area (Å²) in [5.74, 6) is 2.07. The number of ether oxygens (including phenoxy) is 1. The van der Waals surface area contributed by atoms with Crippen molar-refractivity contribution in [2.24, 2.45) is 0 Å². The van der Waals surface area contributed by atoms with E-state index in [1.54, 1.807) is 0 Å². The van der Waals surface area contributed by atoms with Gasteiger partial charge in [0.15, 0.2) is 0 Å². The number of hydrogen-bond donors (Lipinski definition) is 0. The molecule has 11 aromatic rings. The van der Waals surface area contributed by atoms with Gasteiger partial charge < -0.3 is 19.1 Å². The minimum absolute atomic E-state index is 0. The van der Waals surface area contributed by atoms with Crippen LogP contribution in [0.2, 0.25) is 0 Å². The fraction of sp³-hybridized carbons (Fsp3) is 0.182. The first-order valence-corrected chi connectivity index (χ1v) is 25.8. The second-order valence-corrected chi connectivity index (χ2v) is 23.3. The standard InChI is InChI=1S/C66H57N4OS.Pt/c1-64(2,3)44-32-33-67-60(38-44)70-57-31-30-51-50-24-16-19-27-59(50)72-63(51)61(57)52-29-28-48(40-58(52)70)71-49-35-45(65(4,5)6)34-47(39-49)68-41-69(56-26-18-17-25-55(56)68)62-53(42-20-12-10-13-21-42)36-46(66(7,8)9)37-54(62)43-22-14-11-15-23-43;/h10-38,41H,1-9H3;/q-3;. The van der Waals surface area contributed by atoms with Crippen molar-refractivity contribution in [2.45, 2.75) is 78.6 Å². The predicted octanol–water partition coefficient (Wildman–Crippen LogP) is 18.6. The van der Waals surface area contributed by atoms with Crippen LogP contribution in [0.5, 0.6) is 11.5 Å². The van der Waals surface area contributed by atoms with E-state index < -0.39 is 0 Å². The Kier molecular flexibility index (Phi) is 12.0. The number of hydrogen-bond acceptors (Lipinski definition) is 5. The van der Waals surface area contributed by atoms with E-state index in [0.29, 0.717) is 11.5 Å². The van der Waals surface area contributed by atoms with Gasteiger partial charge in [0.25, 0.3) is 0 Å². The summed E-state index contributed by atoms with van der Waals surface area (Å²) in [6.07, 6.45) is 1.93. The molecule has 73 heavy (non-hydrogen) atoms. The number of fused-ring (bicyclic) bond motifs is 8. The molecule has 0 spiro atoms. The first-order valence-electron chi connectivity index (χ1n) is 24.9. The number of thiophene rings is 1. The minimum Gasteiger partial charge on any atom is -0.509 e. The van der Waals surface area contributed by atoms with Gasteiger partial charge in [-0.25, -0.2) is 4.98 Å². The van der Waals surface area contributed by atoms with Crippen LogP contribution in [0.15, 0.2) is 176 Å². The number of benzene rings is 8. The molecule has 0 bridgehead atoms. The number of nitrogens with zero attached hydrogens (tertiary/aromatic N) is 4. The predicted molar refractivity (Wildman–Crippen MR) is 304 cm³/mol. The number of rotatable bonds is 7. The Bertz CT molecular complexity index is 3830. The second-order valence-electron chi connectivity index (χ2n) is 22.2. The van der Waals surface area contributed by atoms with Gasteiger partial charge in [-0.2, -0.15) is 6.07 Å². The molecule has 4 heterocycles. The third-order valence-electron chi connectivity index (χ3n) is 14.2. The van der Waals surface area contributed by atoms with Gasteiger partial charge in [0.2, 0.25) is 0 Å². The van der Waals surface area contributed by atoms with E-state index in [-0.39, 0.29) is 37.3 Å². The van der Waals surface area contributed by atoms with E-state index in [1.165, 1.54) is 47.8 Å². The zero-order valence-corrected chi connectivity index (χ0v) is 45.8. The van der Waals surface area contributed by atoms with Crippen molar-refractivity contribution >= 4 is 76.1 Å². The SMILES string of the molecule is CC(C)(C)c1cc(Oc2[c-]c3c(cc2)c2c4sc5ccccc5c4ccc2n3-c2cc(C(C)(C)C)ccn2)[c-]c(N2[CH-]N(c3c(-c4ccccc4)cc(C(C)(C)C)cc3-c3ccccc3)c3ccccc32)c1.[Pt]. The van der Waals surface area contributed by atoms with Gasteiger partial charge in [0.05, 0.1) is 0 Å². The average Bonchev–Trinajstić information content (AvgIpc) is 4.05. The van der Waals surface area contributed by atoms with Crippen LogP contribution in [0.3, 0.4) is 0 Å². The summed E-state index contributed by atoms with van der Waals surface area (Å²) in [5, 5.41) is 4.84. The summed E-state index contributed by atoms with van der Waals surface area (Å²) in [6, 6.07) is 68.9. The smallest absolute Gasteiger partial charge is 0.135 e. The largest absolute Gasteiger partial charge is 0.509 e. The van der Waals surface area contributed by atoms with E-state index in [2.05, 4.69) is 265 Å². The number of pyridine rings is 1. The molecular formula is C66H57N4OPtS-3. The van der Waals surface area contributed by atoms with Crippen LogP contribution in [0, 0.1) is 18.8 Å². The van der Waals surface area contributed by atoms with Gasteiger partial charge in [-0.15, -0.1) is 65.0 Å². The summed E-state index contributed by atoms with van der Waals surface area (Å²) in [6.45, 7) is 22.6. The molecule has 0 aliphatic carbocycles.